The highest BCUT2D eigenvalue weighted by molar-refractivity contribution is 6.10. The van der Waals surface area contributed by atoms with Crippen LogP contribution in [-0.2, 0) is 5.41 Å². The molecule has 0 bridgehead atoms. The zero-order chi connectivity index (χ0) is 41.7. The molecule has 11 aromatic rings. The second-order valence-electron chi connectivity index (χ2n) is 16.0. The number of aromatic nitrogens is 4. The van der Waals surface area contributed by atoms with Crippen molar-refractivity contribution in [2.24, 2.45) is 0 Å². The number of benzene rings is 9. The normalized spacial score (nSPS) is 12.9. The summed E-state index contributed by atoms with van der Waals surface area (Å²) in [7, 11) is 0. The van der Waals surface area contributed by atoms with Crippen LogP contribution in [0.25, 0.3) is 61.7 Å². The maximum Gasteiger partial charge on any atom is 0.164 e. The van der Waals surface area contributed by atoms with Gasteiger partial charge in [-0.25, -0.2) is 15.0 Å². The molecule has 63 heavy (non-hydrogen) atoms. The number of nitrogens with zero attached hydrogens (tertiary/aromatic N) is 5. The summed E-state index contributed by atoms with van der Waals surface area (Å²) in [4.78, 5) is 17.4. The van der Waals surface area contributed by atoms with E-state index in [1.807, 2.05) is 60.7 Å². The summed E-state index contributed by atoms with van der Waals surface area (Å²) < 4.78 is 2.39. The van der Waals surface area contributed by atoms with Gasteiger partial charge in [-0.15, -0.1) is 0 Å². The first-order valence-corrected chi connectivity index (χ1v) is 21.4. The van der Waals surface area contributed by atoms with Gasteiger partial charge in [-0.3, -0.25) is 0 Å². The fraction of sp³-hybridized carbons (Fsp3) is 0.0172. The number of para-hydroxylation sites is 4. The number of hydrogen-bond donors (Lipinski definition) is 0. The summed E-state index contributed by atoms with van der Waals surface area (Å²) in [6.45, 7) is 0. The average molecular weight is 806 g/mol. The number of anilines is 3. The zero-order valence-corrected chi connectivity index (χ0v) is 34.3. The molecule has 0 fully saturated rings. The highest BCUT2D eigenvalue weighted by atomic mass is 15.2. The van der Waals surface area contributed by atoms with Gasteiger partial charge in [0.05, 0.1) is 27.8 Å². The van der Waals surface area contributed by atoms with Crippen LogP contribution in [-0.4, -0.2) is 19.5 Å². The molecule has 0 radical (unpaired) electrons. The maximum atomic E-state index is 5.02. The van der Waals surface area contributed by atoms with E-state index in [0.717, 1.165) is 39.4 Å². The fourth-order valence-corrected chi connectivity index (χ4v) is 9.76. The van der Waals surface area contributed by atoms with Crippen molar-refractivity contribution in [1.29, 1.82) is 0 Å². The number of rotatable bonds is 7. The van der Waals surface area contributed by atoms with Gasteiger partial charge in [0.15, 0.2) is 17.5 Å². The van der Waals surface area contributed by atoms with E-state index in [1.165, 1.54) is 44.1 Å². The molecule has 1 aliphatic heterocycles. The van der Waals surface area contributed by atoms with Crippen molar-refractivity contribution in [3.8, 4) is 39.9 Å². The van der Waals surface area contributed by atoms with Gasteiger partial charge in [-0.1, -0.05) is 170 Å². The molecule has 12 rings (SSSR count). The van der Waals surface area contributed by atoms with Crippen molar-refractivity contribution in [2.75, 3.05) is 4.90 Å². The van der Waals surface area contributed by atoms with E-state index in [1.54, 1.807) is 0 Å². The second-order valence-corrected chi connectivity index (χ2v) is 16.0. The predicted molar refractivity (Wildman–Crippen MR) is 257 cm³/mol. The van der Waals surface area contributed by atoms with Crippen molar-refractivity contribution in [3.63, 3.8) is 0 Å². The Hall–Kier alpha value is -8.41. The molecule has 0 unspecified atom stereocenters. The van der Waals surface area contributed by atoms with E-state index in [0.29, 0.717) is 17.5 Å². The smallest absolute Gasteiger partial charge is 0.164 e. The van der Waals surface area contributed by atoms with E-state index in [4.69, 9.17) is 15.0 Å². The molecule has 1 aliphatic rings. The van der Waals surface area contributed by atoms with Crippen LogP contribution in [0.5, 0.6) is 0 Å². The molecular formula is C58H39N5. The standard InChI is InChI=1S/C58H39N5/c1-5-19-40(20-6-1)55-59-56(41-21-7-2-8-22-41)61-57(60-55)42-33-36-46(37-34-42)63-53-31-17-14-28-49(53)58(43-23-9-3-10-24-43,50-29-15-18-32-54(50)63)44-35-38-52-48(39-44)47-27-13-16-30-51(47)62(52)45-25-11-4-12-26-45/h1-39H. The van der Waals surface area contributed by atoms with Gasteiger partial charge >= 0.3 is 0 Å². The summed E-state index contributed by atoms with van der Waals surface area (Å²) in [5.41, 5.74) is 13.8. The Kier molecular flexibility index (Phi) is 8.64. The van der Waals surface area contributed by atoms with Crippen molar-refractivity contribution in [3.05, 3.63) is 259 Å². The molecule has 9 aromatic carbocycles. The molecule has 296 valence electrons. The molecule has 5 nitrogen and oxygen atoms in total. The Labute approximate surface area is 365 Å². The van der Waals surface area contributed by atoms with Gasteiger partial charge in [0.1, 0.15) is 0 Å². The van der Waals surface area contributed by atoms with Gasteiger partial charge in [-0.05, 0) is 89.0 Å². The Morgan fingerprint density at radius 2 is 0.778 bits per heavy atom. The first-order chi connectivity index (χ1) is 31.3. The summed E-state index contributed by atoms with van der Waals surface area (Å²) in [6.07, 6.45) is 0. The molecule has 0 saturated heterocycles. The van der Waals surface area contributed by atoms with Crippen molar-refractivity contribution in [2.45, 2.75) is 5.41 Å². The molecule has 0 amide bonds. The Balaban J connectivity index is 1.04. The SMILES string of the molecule is c1ccc(-c2nc(-c3ccccc3)nc(-c3ccc(N4c5ccccc5C(c5ccccc5)(c5ccc6c(c5)c5ccccc5n6-c5ccccc5)c5ccccc54)cc3)n2)cc1. The van der Waals surface area contributed by atoms with Gasteiger partial charge in [0.2, 0.25) is 0 Å². The quantitative estimate of drug-likeness (QED) is 0.161. The lowest BCUT2D eigenvalue weighted by Crippen LogP contribution is -2.37. The van der Waals surface area contributed by atoms with Crippen LogP contribution >= 0.6 is 0 Å². The molecular weight excluding hydrogens is 767 g/mol. The zero-order valence-electron chi connectivity index (χ0n) is 34.3. The van der Waals surface area contributed by atoms with Crippen LogP contribution in [0.4, 0.5) is 17.1 Å². The Bertz CT molecular complexity index is 3330. The van der Waals surface area contributed by atoms with E-state index in [9.17, 15) is 0 Å². The lowest BCUT2D eigenvalue weighted by atomic mass is 9.62. The third-order valence-electron chi connectivity index (χ3n) is 12.5. The van der Waals surface area contributed by atoms with Crippen LogP contribution in [0.3, 0.4) is 0 Å². The van der Waals surface area contributed by atoms with E-state index in [-0.39, 0.29) is 0 Å². The lowest BCUT2D eigenvalue weighted by Gasteiger charge is -2.46. The number of hydrogen-bond acceptors (Lipinski definition) is 4. The Morgan fingerprint density at radius 3 is 1.37 bits per heavy atom. The molecule has 0 saturated carbocycles. The highest BCUT2D eigenvalue weighted by Crippen LogP contribution is 2.58. The molecule has 0 atom stereocenters. The minimum atomic E-state index is -0.637. The average Bonchev–Trinajstić information content (AvgIpc) is 3.70. The lowest BCUT2D eigenvalue weighted by molar-refractivity contribution is 0.732. The van der Waals surface area contributed by atoms with Crippen molar-refractivity contribution in [1.82, 2.24) is 19.5 Å². The van der Waals surface area contributed by atoms with Crippen molar-refractivity contribution >= 4 is 38.9 Å². The molecule has 2 aromatic heterocycles. The third-order valence-corrected chi connectivity index (χ3v) is 12.5. The van der Waals surface area contributed by atoms with Crippen LogP contribution in [0, 0.1) is 0 Å². The fourth-order valence-electron chi connectivity index (χ4n) is 9.76. The summed E-state index contributed by atoms with van der Waals surface area (Å²) in [6, 6.07) is 84.3. The van der Waals surface area contributed by atoms with Gasteiger partial charge < -0.3 is 9.47 Å². The van der Waals surface area contributed by atoms with Crippen LogP contribution in [0.2, 0.25) is 0 Å². The molecule has 0 aliphatic carbocycles. The van der Waals surface area contributed by atoms with Crippen LogP contribution in [0.1, 0.15) is 22.3 Å². The van der Waals surface area contributed by atoms with Crippen LogP contribution < -0.4 is 4.90 Å². The van der Waals surface area contributed by atoms with Crippen LogP contribution in [0.15, 0.2) is 237 Å². The van der Waals surface area contributed by atoms with Gasteiger partial charge in [-0.2, -0.15) is 0 Å². The van der Waals surface area contributed by atoms with Crippen molar-refractivity contribution < 1.29 is 0 Å². The summed E-state index contributed by atoms with van der Waals surface area (Å²) >= 11 is 0. The molecule has 5 heteroatoms. The molecule has 0 spiro atoms. The monoisotopic (exact) mass is 805 g/mol. The predicted octanol–water partition coefficient (Wildman–Crippen LogP) is 14.1. The van der Waals surface area contributed by atoms with E-state index >= 15 is 0 Å². The Morgan fingerprint density at radius 1 is 0.317 bits per heavy atom. The first kappa shape index (κ1) is 36.4. The summed E-state index contributed by atoms with van der Waals surface area (Å²) in [5, 5.41) is 2.45. The first-order valence-electron chi connectivity index (χ1n) is 21.4. The topological polar surface area (TPSA) is 46.8 Å². The maximum absolute atomic E-state index is 5.02. The number of fused-ring (bicyclic) bond motifs is 5. The highest BCUT2D eigenvalue weighted by Gasteiger charge is 2.46. The minimum absolute atomic E-state index is 0.626. The summed E-state index contributed by atoms with van der Waals surface area (Å²) in [5.74, 6) is 1.91. The van der Waals surface area contributed by atoms with E-state index < -0.39 is 5.41 Å². The van der Waals surface area contributed by atoms with E-state index in [2.05, 4.69) is 185 Å². The van der Waals surface area contributed by atoms with Gasteiger partial charge in [0.25, 0.3) is 0 Å². The molecule has 3 heterocycles. The second kappa shape index (κ2) is 14.9. The molecule has 0 N–H and O–H groups in total. The minimum Gasteiger partial charge on any atom is -0.310 e. The third kappa shape index (κ3) is 5.89. The van der Waals surface area contributed by atoms with Gasteiger partial charge in [0, 0.05) is 38.8 Å². The largest absolute Gasteiger partial charge is 0.310 e.